The Morgan fingerprint density at radius 1 is 0.571 bits per heavy atom. The molecule has 5 aliphatic carbocycles. The fourth-order valence-corrected chi connectivity index (χ4v) is 10.6. The standard InChI is InChI=1S/C20H34Si/c1-10-11(2)14-8-13(10)19-17-9-18(20(14)19)16-7-12(6-15(16)17)21(3,4)5/h10-20H,6-9H2,1-5H3. The first kappa shape index (κ1) is 13.6. The number of fused-ring (bicyclic) bond motifs is 12. The zero-order valence-corrected chi connectivity index (χ0v) is 15.7. The van der Waals surface area contributed by atoms with E-state index in [2.05, 4.69) is 33.5 Å². The van der Waals surface area contributed by atoms with E-state index < -0.39 is 8.07 Å². The molecule has 5 aliphatic rings. The summed E-state index contributed by atoms with van der Waals surface area (Å²) in [5.74, 6) is 11.4. The summed E-state index contributed by atoms with van der Waals surface area (Å²) in [6.45, 7) is 13.1. The normalized spacial score (nSPS) is 64.1. The van der Waals surface area contributed by atoms with Gasteiger partial charge in [-0.1, -0.05) is 33.5 Å². The van der Waals surface area contributed by atoms with Crippen LogP contribution >= 0.6 is 0 Å². The molecule has 0 amide bonds. The van der Waals surface area contributed by atoms with Gasteiger partial charge >= 0.3 is 0 Å². The lowest BCUT2D eigenvalue weighted by Gasteiger charge is -2.45. The molecule has 5 fully saturated rings. The van der Waals surface area contributed by atoms with Crippen LogP contribution in [0.1, 0.15) is 39.5 Å². The predicted molar refractivity (Wildman–Crippen MR) is 91.8 cm³/mol. The molecule has 0 spiro atoms. The molecule has 0 N–H and O–H groups in total. The minimum Gasteiger partial charge on any atom is -0.0693 e. The van der Waals surface area contributed by atoms with E-state index >= 15 is 0 Å². The van der Waals surface area contributed by atoms with Crippen LogP contribution in [0.5, 0.6) is 0 Å². The van der Waals surface area contributed by atoms with Gasteiger partial charge in [0, 0.05) is 8.07 Å². The molecule has 0 radical (unpaired) electrons. The molecule has 21 heavy (non-hydrogen) atoms. The van der Waals surface area contributed by atoms with E-state index in [1.54, 1.807) is 25.7 Å². The third kappa shape index (κ3) is 1.53. The fourth-order valence-electron chi connectivity index (χ4n) is 8.66. The first-order valence-corrected chi connectivity index (χ1v) is 13.5. The first-order chi connectivity index (χ1) is 9.88. The highest BCUT2D eigenvalue weighted by atomic mass is 28.3. The Kier molecular flexibility index (Phi) is 2.60. The molecule has 0 nitrogen and oxygen atoms in total. The van der Waals surface area contributed by atoms with Crippen molar-refractivity contribution in [2.24, 2.45) is 59.2 Å². The summed E-state index contributed by atoms with van der Waals surface area (Å²) < 4.78 is 0. The lowest BCUT2D eigenvalue weighted by molar-refractivity contribution is 0.0239. The topological polar surface area (TPSA) is 0 Å². The van der Waals surface area contributed by atoms with Gasteiger partial charge in [0.05, 0.1) is 0 Å². The van der Waals surface area contributed by atoms with E-state index in [9.17, 15) is 0 Å². The van der Waals surface area contributed by atoms with E-state index in [-0.39, 0.29) is 0 Å². The van der Waals surface area contributed by atoms with Crippen molar-refractivity contribution in [1.29, 1.82) is 0 Å². The van der Waals surface area contributed by atoms with Crippen molar-refractivity contribution in [3.05, 3.63) is 0 Å². The van der Waals surface area contributed by atoms with Gasteiger partial charge in [0.25, 0.3) is 0 Å². The number of hydrogen-bond donors (Lipinski definition) is 0. The highest BCUT2D eigenvalue weighted by molar-refractivity contribution is 6.77. The van der Waals surface area contributed by atoms with E-state index in [0.29, 0.717) is 0 Å². The molecular weight excluding hydrogens is 268 g/mol. The van der Waals surface area contributed by atoms with Crippen molar-refractivity contribution in [2.45, 2.75) is 64.7 Å². The van der Waals surface area contributed by atoms with E-state index in [1.165, 1.54) is 35.5 Å². The Bertz CT molecular complexity index is 429. The molecule has 4 bridgehead atoms. The maximum absolute atomic E-state index is 2.63. The molecule has 0 aromatic rings. The molecule has 10 unspecified atom stereocenters. The molecule has 0 saturated heterocycles. The van der Waals surface area contributed by atoms with Gasteiger partial charge in [0.1, 0.15) is 0 Å². The van der Waals surface area contributed by atoms with Gasteiger partial charge in [-0.3, -0.25) is 0 Å². The number of hydrogen-bond acceptors (Lipinski definition) is 0. The highest BCUT2D eigenvalue weighted by Crippen LogP contribution is 2.75. The van der Waals surface area contributed by atoms with Gasteiger partial charge in [-0.15, -0.1) is 0 Å². The minimum absolute atomic E-state index is 0.903. The van der Waals surface area contributed by atoms with Crippen molar-refractivity contribution < 1.29 is 0 Å². The Morgan fingerprint density at radius 2 is 1.00 bits per heavy atom. The summed E-state index contributed by atoms with van der Waals surface area (Å²) in [5, 5.41) is 0. The van der Waals surface area contributed by atoms with Gasteiger partial charge in [-0.25, -0.2) is 0 Å². The molecule has 0 aromatic heterocycles. The van der Waals surface area contributed by atoms with E-state index in [1.807, 2.05) is 0 Å². The molecular formula is C20H34Si. The molecule has 10 atom stereocenters. The summed E-state index contributed by atoms with van der Waals surface area (Å²) in [4.78, 5) is 0. The quantitative estimate of drug-likeness (QED) is 0.441. The fraction of sp³-hybridized carbons (Fsp3) is 1.00. The van der Waals surface area contributed by atoms with E-state index in [4.69, 9.17) is 0 Å². The zero-order valence-electron chi connectivity index (χ0n) is 14.7. The Hall–Kier alpha value is 0.217. The zero-order chi connectivity index (χ0) is 14.7. The van der Waals surface area contributed by atoms with Crippen LogP contribution in [-0.2, 0) is 0 Å². The van der Waals surface area contributed by atoms with Crippen molar-refractivity contribution in [3.63, 3.8) is 0 Å². The molecule has 5 rings (SSSR count). The summed E-state index contributed by atoms with van der Waals surface area (Å²) >= 11 is 0. The molecule has 0 aromatic carbocycles. The van der Waals surface area contributed by atoms with Crippen LogP contribution in [0.3, 0.4) is 0 Å². The Labute approximate surface area is 132 Å². The Balaban J connectivity index is 1.45. The molecule has 1 heteroatoms. The highest BCUT2D eigenvalue weighted by Gasteiger charge is 2.69. The summed E-state index contributed by atoms with van der Waals surface area (Å²) in [6, 6.07) is 0. The maximum Gasteiger partial charge on any atom is 0.0474 e. The average Bonchev–Trinajstić information content (AvgIpc) is 3.11. The second-order valence-electron chi connectivity index (χ2n) is 10.9. The van der Waals surface area contributed by atoms with Crippen LogP contribution in [-0.4, -0.2) is 8.07 Å². The largest absolute Gasteiger partial charge is 0.0693 e. The van der Waals surface area contributed by atoms with Crippen LogP contribution in [0.15, 0.2) is 0 Å². The van der Waals surface area contributed by atoms with Crippen molar-refractivity contribution in [1.82, 2.24) is 0 Å². The lowest BCUT2D eigenvalue weighted by atomic mass is 9.60. The van der Waals surface area contributed by atoms with Gasteiger partial charge in [-0.05, 0) is 90.4 Å². The van der Waals surface area contributed by atoms with Crippen molar-refractivity contribution in [2.75, 3.05) is 0 Å². The average molecular weight is 303 g/mol. The molecule has 0 heterocycles. The molecule has 0 aliphatic heterocycles. The van der Waals surface area contributed by atoms with Gasteiger partial charge in [0.2, 0.25) is 0 Å². The Morgan fingerprint density at radius 3 is 1.43 bits per heavy atom. The minimum atomic E-state index is -0.903. The second kappa shape index (κ2) is 4.00. The van der Waals surface area contributed by atoms with Crippen LogP contribution in [0.2, 0.25) is 25.2 Å². The van der Waals surface area contributed by atoms with Crippen LogP contribution < -0.4 is 0 Å². The smallest absolute Gasteiger partial charge is 0.0474 e. The lowest BCUT2D eigenvalue weighted by Crippen LogP contribution is -2.41. The third-order valence-electron chi connectivity index (χ3n) is 9.68. The van der Waals surface area contributed by atoms with Crippen molar-refractivity contribution in [3.8, 4) is 0 Å². The van der Waals surface area contributed by atoms with Crippen molar-refractivity contribution >= 4 is 8.07 Å². The summed E-state index contributed by atoms with van der Waals surface area (Å²) in [6.07, 6.45) is 6.58. The second-order valence-corrected chi connectivity index (χ2v) is 16.4. The van der Waals surface area contributed by atoms with Gasteiger partial charge < -0.3 is 0 Å². The molecule has 5 saturated carbocycles. The van der Waals surface area contributed by atoms with Gasteiger partial charge in [0.15, 0.2) is 0 Å². The third-order valence-corrected chi connectivity index (χ3v) is 12.6. The van der Waals surface area contributed by atoms with Crippen LogP contribution in [0.25, 0.3) is 0 Å². The maximum atomic E-state index is 2.63. The van der Waals surface area contributed by atoms with Crippen LogP contribution in [0, 0.1) is 59.2 Å². The van der Waals surface area contributed by atoms with E-state index in [0.717, 1.165) is 29.2 Å². The first-order valence-electron chi connectivity index (χ1n) is 9.88. The SMILES string of the molecule is CC1C(C)C2CC1C1C3CC(C4CC([Si](C)(C)C)CC43)C21. The summed E-state index contributed by atoms with van der Waals surface area (Å²) in [5.41, 5.74) is 1.16. The predicted octanol–water partition coefficient (Wildman–Crippen LogP) is 5.53. The summed E-state index contributed by atoms with van der Waals surface area (Å²) in [7, 11) is -0.903. The molecule has 118 valence electrons. The van der Waals surface area contributed by atoms with Gasteiger partial charge in [-0.2, -0.15) is 0 Å². The monoisotopic (exact) mass is 302 g/mol. The number of rotatable bonds is 1. The van der Waals surface area contributed by atoms with Crippen LogP contribution in [0.4, 0.5) is 0 Å².